The summed E-state index contributed by atoms with van der Waals surface area (Å²) in [5, 5.41) is 9.45. The number of alkyl halides is 1. The van der Waals surface area contributed by atoms with Crippen LogP contribution in [0.25, 0.3) is 28.1 Å². The predicted molar refractivity (Wildman–Crippen MR) is 135 cm³/mol. The lowest BCUT2D eigenvalue weighted by Crippen LogP contribution is -2.37. The highest BCUT2D eigenvalue weighted by molar-refractivity contribution is 5.86. The molecule has 8 nitrogen and oxygen atoms in total. The summed E-state index contributed by atoms with van der Waals surface area (Å²) in [6.45, 7) is 8.10. The number of halogens is 1. The van der Waals surface area contributed by atoms with Crippen molar-refractivity contribution < 1.29 is 18.7 Å². The van der Waals surface area contributed by atoms with E-state index in [-0.39, 0.29) is 13.0 Å². The third-order valence-corrected chi connectivity index (χ3v) is 6.15. The van der Waals surface area contributed by atoms with E-state index < -0.39 is 24.0 Å². The van der Waals surface area contributed by atoms with Crippen LogP contribution in [-0.2, 0) is 4.74 Å². The zero-order chi connectivity index (χ0) is 25.4. The van der Waals surface area contributed by atoms with Gasteiger partial charge in [-0.05, 0) is 57.9 Å². The Bertz CT molecular complexity index is 1410. The lowest BCUT2D eigenvalue weighted by molar-refractivity contribution is 0.0252. The van der Waals surface area contributed by atoms with E-state index in [0.29, 0.717) is 35.8 Å². The summed E-state index contributed by atoms with van der Waals surface area (Å²) < 4.78 is 28.7. The van der Waals surface area contributed by atoms with Gasteiger partial charge in [-0.15, -0.1) is 10.2 Å². The number of rotatable bonds is 3. The van der Waals surface area contributed by atoms with Gasteiger partial charge >= 0.3 is 6.09 Å². The Morgan fingerprint density at radius 3 is 2.67 bits per heavy atom. The van der Waals surface area contributed by atoms with E-state index in [1.807, 2.05) is 74.7 Å². The normalized spacial score (nSPS) is 18.9. The van der Waals surface area contributed by atoms with Gasteiger partial charge in [0.1, 0.15) is 34.8 Å². The van der Waals surface area contributed by atoms with E-state index in [4.69, 9.17) is 14.5 Å². The number of fused-ring (bicyclic) bond motifs is 2. The highest BCUT2D eigenvalue weighted by Crippen LogP contribution is 2.30. The molecule has 0 radical (unpaired) electrons. The highest BCUT2D eigenvalue weighted by atomic mass is 19.1. The molecule has 1 fully saturated rings. The number of aryl methyl sites for hydroxylation is 1. The van der Waals surface area contributed by atoms with E-state index in [0.717, 1.165) is 16.6 Å². The predicted octanol–water partition coefficient (Wildman–Crippen LogP) is 5.37. The summed E-state index contributed by atoms with van der Waals surface area (Å²) in [7, 11) is 0. The molecule has 9 heteroatoms. The van der Waals surface area contributed by atoms with Crippen LogP contribution >= 0.6 is 0 Å². The van der Waals surface area contributed by atoms with Crippen molar-refractivity contribution >= 4 is 22.6 Å². The number of carbonyl (C=O) groups excluding carboxylic acids is 1. The molecule has 36 heavy (non-hydrogen) atoms. The number of pyridine rings is 2. The highest BCUT2D eigenvalue weighted by Gasteiger charge is 2.32. The molecule has 0 saturated carbocycles. The summed E-state index contributed by atoms with van der Waals surface area (Å²) in [4.78, 5) is 18.9. The SMILES string of the molecule is Cc1ccc2nnc(-c3ccc4cccc(O[C@@H]5CCN(C(=O)OC(C)(C)C)CC[C@H]5F)c4n3)n2c1. The van der Waals surface area contributed by atoms with Crippen LogP contribution in [0.2, 0.25) is 0 Å². The minimum atomic E-state index is -1.22. The molecule has 1 aliphatic rings. The summed E-state index contributed by atoms with van der Waals surface area (Å²) >= 11 is 0. The van der Waals surface area contributed by atoms with Crippen LogP contribution in [0, 0.1) is 6.92 Å². The average Bonchev–Trinajstić information content (AvgIpc) is 3.15. The van der Waals surface area contributed by atoms with Crippen molar-refractivity contribution in [1.82, 2.24) is 24.5 Å². The second kappa shape index (κ2) is 9.37. The molecule has 4 heterocycles. The van der Waals surface area contributed by atoms with Gasteiger partial charge in [0.05, 0.1) is 0 Å². The fourth-order valence-electron chi connectivity index (χ4n) is 4.36. The number of aromatic nitrogens is 4. The monoisotopic (exact) mass is 491 g/mol. The van der Waals surface area contributed by atoms with Gasteiger partial charge in [0.15, 0.2) is 11.5 Å². The Labute approximate surface area is 209 Å². The maximum Gasteiger partial charge on any atom is 0.410 e. The number of likely N-dealkylation sites (tertiary alicyclic amines) is 1. The number of hydrogen-bond acceptors (Lipinski definition) is 6. The average molecular weight is 492 g/mol. The van der Waals surface area contributed by atoms with Gasteiger partial charge < -0.3 is 14.4 Å². The standard InChI is InChI=1S/C27H30FN5O3/c1-17-8-11-23-30-31-25(33(23)16-17)20-10-9-18-6-5-7-22(24(18)29-20)35-21-13-15-32(14-12-19(21)28)26(34)36-27(2,3)4/h5-11,16,19,21H,12-15H2,1-4H3/t19-,21-/m1/s1. The molecular weight excluding hydrogens is 461 g/mol. The quantitative estimate of drug-likeness (QED) is 0.383. The Morgan fingerprint density at radius 1 is 1.06 bits per heavy atom. The minimum absolute atomic E-state index is 0.179. The first kappa shape index (κ1) is 24.0. The van der Waals surface area contributed by atoms with E-state index in [2.05, 4.69) is 10.2 Å². The van der Waals surface area contributed by atoms with Crippen molar-refractivity contribution in [2.24, 2.45) is 0 Å². The summed E-state index contributed by atoms with van der Waals surface area (Å²) in [5.41, 5.74) is 2.48. The van der Waals surface area contributed by atoms with Gasteiger partial charge in [-0.3, -0.25) is 4.40 Å². The van der Waals surface area contributed by atoms with Crippen LogP contribution in [0.15, 0.2) is 48.7 Å². The third-order valence-electron chi connectivity index (χ3n) is 6.15. The van der Waals surface area contributed by atoms with Gasteiger partial charge in [0.25, 0.3) is 0 Å². The number of amides is 1. The molecule has 1 aliphatic heterocycles. The Morgan fingerprint density at radius 2 is 1.86 bits per heavy atom. The van der Waals surface area contributed by atoms with Crippen LogP contribution in [0.3, 0.4) is 0 Å². The number of para-hydroxylation sites is 1. The molecule has 0 spiro atoms. The number of ether oxygens (including phenoxy) is 2. The molecule has 0 bridgehead atoms. The second-order valence-corrected chi connectivity index (χ2v) is 10.2. The molecule has 1 amide bonds. The van der Waals surface area contributed by atoms with Crippen molar-refractivity contribution in [2.75, 3.05) is 13.1 Å². The fourth-order valence-corrected chi connectivity index (χ4v) is 4.36. The number of carbonyl (C=O) groups is 1. The van der Waals surface area contributed by atoms with E-state index in [9.17, 15) is 4.79 Å². The molecule has 0 N–H and O–H groups in total. The first-order valence-electron chi connectivity index (χ1n) is 12.2. The van der Waals surface area contributed by atoms with Gasteiger partial charge in [0.2, 0.25) is 0 Å². The zero-order valence-electron chi connectivity index (χ0n) is 20.9. The van der Waals surface area contributed by atoms with Crippen LogP contribution in [0.5, 0.6) is 5.75 Å². The molecule has 4 aromatic rings. The smallest absolute Gasteiger partial charge is 0.410 e. The van der Waals surface area contributed by atoms with Crippen molar-refractivity contribution in [3.05, 3.63) is 54.2 Å². The molecule has 188 valence electrons. The van der Waals surface area contributed by atoms with Crippen LogP contribution in [0.1, 0.15) is 39.2 Å². The number of hydrogen-bond donors (Lipinski definition) is 0. The van der Waals surface area contributed by atoms with Crippen LogP contribution < -0.4 is 4.74 Å². The van der Waals surface area contributed by atoms with E-state index in [1.54, 1.807) is 11.0 Å². The minimum Gasteiger partial charge on any atom is -0.485 e. The van der Waals surface area contributed by atoms with Crippen LogP contribution in [0.4, 0.5) is 9.18 Å². The first-order valence-corrected chi connectivity index (χ1v) is 12.2. The summed E-state index contributed by atoms with van der Waals surface area (Å²) in [5.74, 6) is 1.12. The van der Waals surface area contributed by atoms with Gasteiger partial charge in [-0.25, -0.2) is 14.2 Å². The summed E-state index contributed by atoms with van der Waals surface area (Å²) in [6.07, 6.45) is 0.143. The number of nitrogens with zero attached hydrogens (tertiary/aromatic N) is 5. The number of benzene rings is 1. The molecule has 0 aliphatic carbocycles. The van der Waals surface area contributed by atoms with Crippen molar-refractivity contribution in [2.45, 2.75) is 58.4 Å². The lowest BCUT2D eigenvalue weighted by Gasteiger charge is -2.26. The third kappa shape index (κ3) is 4.96. The Kier molecular flexibility index (Phi) is 6.24. The molecule has 0 unspecified atom stereocenters. The largest absolute Gasteiger partial charge is 0.485 e. The molecule has 5 rings (SSSR count). The van der Waals surface area contributed by atoms with Crippen molar-refractivity contribution in [3.8, 4) is 17.3 Å². The molecule has 1 saturated heterocycles. The van der Waals surface area contributed by atoms with E-state index in [1.165, 1.54) is 0 Å². The van der Waals surface area contributed by atoms with E-state index >= 15 is 4.39 Å². The van der Waals surface area contributed by atoms with Crippen molar-refractivity contribution in [3.63, 3.8) is 0 Å². The van der Waals surface area contributed by atoms with Gasteiger partial charge in [0, 0.05) is 31.1 Å². The fraction of sp³-hybridized carbons (Fsp3) is 0.407. The molecule has 1 aromatic carbocycles. The topological polar surface area (TPSA) is 81.9 Å². The maximum atomic E-state index is 15.1. The Hall–Kier alpha value is -3.75. The second-order valence-electron chi connectivity index (χ2n) is 10.2. The molecule has 3 aromatic heterocycles. The van der Waals surface area contributed by atoms with Crippen LogP contribution in [-0.4, -0.2) is 61.5 Å². The molecular formula is C27H30FN5O3. The zero-order valence-corrected chi connectivity index (χ0v) is 20.9. The van der Waals surface area contributed by atoms with Gasteiger partial charge in [-0.1, -0.05) is 24.3 Å². The summed E-state index contributed by atoms with van der Waals surface area (Å²) in [6, 6.07) is 13.3. The first-order chi connectivity index (χ1) is 17.2. The lowest BCUT2D eigenvalue weighted by atomic mass is 10.1. The Balaban J connectivity index is 1.41. The van der Waals surface area contributed by atoms with Gasteiger partial charge in [-0.2, -0.15) is 0 Å². The van der Waals surface area contributed by atoms with Crippen molar-refractivity contribution in [1.29, 1.82) is 0 Å². The molecule has 2 atom stereocenters. The maximum absolute atomic E-state index is 15.1.